The van der Waals surface area contributed by atoms with Gasteiger partial charge in [0.2, 0.25) is 0 Å². The zero-order valence-corrected chi connectivity index (χ0v) is 12.4. The van der Waals surface area contributed by atoms with Crippen molar-refractivity contribution in [2.75, 3.05) is 0 Å². The maximum absolute atomic E-state index is 4.27. The van der Waals surface area contributed by atoms with E-state index in [0.29, 0.717) is 6.04 Å². The fraction of sp³-hybridized carbons (Fsp3) is 0.364. The van der Waals surface area contributed by atoms with E-state index >= 15 is 0 Å². The van der Waals surface area contributed by atoms with Crippen LogP contribution in [0.1, 0.15) is 28.4 Å². The Morgan fingerprint density at radius 2 is 2.31 bits per heavy atom. The van der Waals surface area contributed by atoms with Gasteiger partial charge in [0.15, 0.2) is 0 Å². The van der Waals surface area contributed by atoms with Gasteiger partial charge in [-0.25, -0.2) is 4.98 Å². The summed E-state index contributed by atoms with van der Waals surface area (Å²) >= 11 is 6.95. The van der Waals surface area contributed by atoms with Crippen LogP contribution >= 0.6 is 38.6 Å². The van der Waals surface area contributed by atoms with Gasteiger partial charge in [0.1, 0.15) is 0 Å². The van der Waals surface area contributed by atoms with Crippen LogP contribution in [-0.2, 0) is 6.54 Å². The first kappa shape index (κ1) is 12.2. The molecule has 2 rings (SSSR count). The molecule has 0 spiro atoms. The van der Waals surface area contributed by atoms with Gasteiger partial charge in [-0.3, -0.25) is 0 Å². The fourth-order valence-electron chi connectivity index (χ4n) is 1.52. The minimum atomic E-state index is 0.369. The van der Waals surface area contributed by atoms with Crippen molar-refractivity contribution in [3.8, 4) is 0 Å². The van der Waals surface area contributed by atoms with Gasteiger partial charge in [0.05, 0.1) is 11.2 Å². The molecule has 1 atom stereocenters. The van der Waals surface area contributed by atoms with Crippen LogP contribution in [0.2, 0.25) is 0 Å². The van der Waals surface area contributed by atoms with E-state index in [9.17, 15) is 0 Å². The molecule has 86 valence electrons. The number of rotatable bonds is 4. The number of aryl methyl sites for hydroxylation is 1. The third kappa shape index (κ3) is 2.91. The molecule has 2 aromatic rings. The lowest BCUT2D eigenvalue weighted by atomic mass is 10.2. The molecule has 2 nitrogen and oxygen atoms in total. The maximum Gasteiger partial charge on any atom is 0.0798 e. The highest BCUT2D eigenvalue weighted by Crippen LogP contribution is 2.23. The Morgan fingerprint density at radius 1 is 1.50 bits per heavy atom. The van der Waals surface area contributed by atoms with Crippen LogP contribution in [-0.4, -0.2) is 4.98 Å². The average Bonchev–Trinajstić information content (AvgIpc) is 2.84. The van der Waals surface area contributed by atoms with Crippen molar-refractivity contribution in [2.24, 2.45) is 0 Å². The molecule has 2 heterocycles. The Bertz CT molecular complexity index is 464. The molecule has 1 N–H and O–H groups in total. The first-order chi connectivity index (χ1) is 7.66. The third-order valence-electron chi connectivity index (χ3n) is 2.38. The lowest BCUT2D eigenvalue weighted by Gasteiger charge is -2.11. The van der Waals surface area contributed by atoms with Crippen molar-refractivity contribution in [3.05, 3.63) is 36.9 Å². The van der Waals surface area contributed by atoms with Crippen LogP contribution in [0.15, 0.2) is 21.4 Å². The van der Waals surface area contributed by atoms with Crippen molar-refractivity contribution in [3.63, 3.8) is 0 Å². The van der Waals surface area contributed by atoms with E-state index in [1.54, 1.807) is 22.7 Å². The van der Waals surface area contributed by atoms with Gasteiger partial charge in [-0.1, -0.05) is 0 Å². The summed E-state index contributed by atoms with van der Waals surface area (Å²) in [5.74, 6) is 0. The second-order valence-corrected chi connectivity index (χ2v) is 6.43. The third-order valence-corrected chi connectivity index (χ3v) is 5.19. The quantitative estimate of drug-likeness (QED) is 0.917. The highest BCUT2D eigenvalue weighted by Gasteiger charge is 2.10. The van der Waals surface area contributed by atoms with Crippen LogP contribution in [0.3, 0.4) is 0 Å². The van der Waals surface area contributed by atoms with Gasteiger partial charge in [0.25, 0.3) is 0 Å². The summed E-state index contributed by atoms with van der Waals surface area (Å²) in [4.78, 5) is 6.95. The molecular formula is C11H13BrN2S2. The van der Waals surface area contributed by atoms with Gasteiger partial charge in [-0.15, -0.1) is 22.7 Å². The summed E-state index contributed by atoms with van der Waals surface area (Å²) in [6.07, 6.45) is 0. The monoisotopic (exact) mass is 316 g/mol. The largest absolute Gasteiger partial charge is 0.304 e. The van der Waals surface area contributed by atoms with Gasteiger partial charge in [-0.05, 0) is 35.8 Å². The smallest absolute Gasteiger partial charge is 0.0798 e. The standard InChI is InChI=1S/C11H13BrN2S2/c1-7(11-8(2)14-6-16-11)13-4-10-3-9(12)5-15-10/h3,5-7,13H,4H2,1-2H3. The zero-order valence-electron chi connectivity index (χ0n) is 9.16. The minimum Gasteiger partial charge on any atom is -0.304 e. The van der Waals surface area contributed by atoms with E-state index in [1.165, 1.54) is 9.75 Å². The van der Waals surface area contributed by atoms with Crippen molar-refractivity contribution in [2.45, 2.75) is 26.4 Å². The number of aromatic nitrogens is 1. The zero-order chi connectivity index (χ0) is 11.5. The molecule has 0 saturated heterocycles. The number of hydrogen-bond donors (Lipinski definition) is 1. The molecule has 0 radical (unpaired) electrons. The number of nitrogens with one attached hydrogen (secondary N) is 1. The average molecular weight is 317 g/mol. The van der Waals surface area contributed by atoms with Crippen LogP contribution < -0.4 is 5.32 Å². The molecule has 16 heavy (non-hydrogen) atoms. The molecule has 0 bridgehead atoms. The van der Waals surface area contributed by atoms with Gasteiger partial charge in [-0.2, -0.15) is 0 Å². The number of halogens is 1. The SMILES string of the molecule is Cc1ncsc1C(C)NCc1cc(Br)cs1. The first-order valence-corrected chi connectivity index (χ1v) is 7.58. The van der Waals surface area contributed by atoms with Crippen molar-refractivity contribution in [1.29, 1.82) is 0 Å². The molecule has 0 saturated carbocycles. The molecule has 1 unspecified atom stereocenters. The Hall–Kier alpha value is -0.230. The molecule has 0 amide bonds. The van der Waals surface area contributed by atoms with E-state index in [1.807, 2.05) is 5.51 Å². The second kappa shape index (κ2) is 5.40. The summed E-state index contributed by atoms with van der Waals surface area (Å²) < 4.78 is 1.16. The van der Waals surface area contributed by atoms with Crippen LogP contribution in [0.4, 0.5) is 0 Å². The number of nitrogens with zero attached hydrogens (tertiary/aromatic N) is 1. The maximum atomic E-state index is 4.27. The van der Waals surface area contributed by atoms with E-state index in [2.05, 4.69) is 51.5 Å². The number of hydrogen-bond acceptors (Lipinski definition) is 4. The Morgan fingerprint density at radius 3 is 2.88 bits per heavy atom. The highest BCUT2D eigenvalue weighted by molar-refractivity contribution is 9.10. The Labute approximate surface area is 112 Å². The van der Waals surface area contributed by atoms with Gasteiger partial charge >= 0.3 is 0 Å². The fourth-order valence-corrected chi connectivity index (χ4v) is 3.76. The summed E-state index contributed by atoms with van der Waals surface area (Å²) in [6.45, 7) is 5.16. The van der Waals surface area contributed by atoms with Crippen LogP contribution in [0.5, 0.6) is 0 Å². The molecule has 0 aliphatic carbocycles. The predicted molar refractivity (Wildman–Crippen MR) is 74.1 cm³/mol. The minimum absolute atomic E-state index is 0.369. The molecule has 0 aromatic carbocycles. The first-order valence-electron chi connectivity index (χ1n) is 5.03. The van der Waals surface area contributed by atoms with E-state index in [4.69, 9.17) is 0 Å². The summed E-state index contributed by atoms with van der Waals surface area (Å²) in [5.41, 5.74) is 3.04. The normalized spacial score (nSPS) is 12.9. The van der Waals surface area contributed by atoms with Gasteiger partial charge < -0.3 is 5.32 Å². The van der Waals surface area contributed by atoms with Gasteiger partial charge in [0, 0.05) is 32.2 Å². The van der Waals surface area contributed by atoms with E-state index in [0.717, 1.165) is 16.7 Å². The predicted octanol–water partition coefficient (Wildman–Crippen LogP) is 4.13. The molecule has 0 fully saturated rings. The highest BCUT2D eigenvalue weighted by atomic mass is 79.9. The van der Waals surface area contributed by atoms with Crippen molar-refractivity contribution >= 4 is 38.6 Å². The molecule has 0 aliphatic heterocycles. The van der Waals surface area contributed by atoms with Crippen molar-refractivity contribution in [1.82, 2.24) is 10.3 Å². The van der Waals surface area contributed by atoms with E-state index in [-0.39, 0.29) is 0 Å². The van der Waals surface area contributed by atoms with Crippen molar-refractivity contribution < 1.29 is 0 Å². The Balaban J connectivity index is 1.93. The molecular weight excluding hydrogens is 304 g/mol. The summed E-state index contributed by atoms with van der Waals surface area (Å²) in [6, 6.07) is 2.53. The lowest BCUT2D eigenvalue weighted by molar-refractivity contribution is 0.583. The molecule has 2 aromatic heterocycles. The van der Waals surface area contributed by atoms with E-state index < -0.39 is 0 Å². The summed E-state index contributed by atoms with van der Waals surface area (Å²) in [5, 5.41) is 5.63. The Kier molecular flexibility index (Phi) is 4.13. The van der Waals surface area contributed by atoms with Crippen LogP contribution in [0.25, 0.3) is 0 Å². The topological polar surface area (TPSA) is 24.9 Å². The number of thiophene rings is 1. The van der Waals surface area contributed by atoms with Crippen LogP contribution in [0, 0.1) is 6.92 Å². The lowest BCUT2D eigenvalue weighted by Crippen LogP contribution is -2.17. The summed E-state index contributed by atoms with van der Waals surface area (Å²) in [7, 11) is 0. The molecule has 5 heteroatoms. The molecule has 0 aliphatic rings. The second-order valence-electron chi connectivity index (χ2n) is 3.64. The number of thiazole rings is 1.